The van der Waals surface area contributed by atoms with Gasteiger partial charge in [0, 0.05) is 33.4 Å². The second-order valence-corrected chi connectivity index (χ2v) is 4.38. The minimum atomic E-state index is -0.121. The van der Waals surface area contributed by atoms with Crippen molar-refractivity contribution in [3.05, 3.63) is 0 Å². The first-order valence-electron chi connectivity index (χ1n) is 5.71. The summed E-state index contributed by atoms with van der Waals surface area (Å²) in [7, 11) is 3.37. The molecule has 1 aliphatic heterocycles. The topological polar surface area (TPSA) is 47.7 Å². The third-order valence-electron chi connectivity index (χ3n) is 3.35. The van der Waals surface area contributed by atoms with Crippen molar-refractivity contribution in [2.24, 2.45) is 11.7 Å². The Morgan fingerprint density at radius 1 is 1.33 bits per heavy atom. The fourth-order valence-corrected chi connectivity index (χ4v) is 2.15. The zero-order valence-electron chi connectivity index (χ0n) is 10.1. The zero-order valence-corrected chi connectivity index (χ0v) is 10.1. The van der Waals surface area contributed by atoms with E-state index in [1.807, 2.05) is 0 Å². The number of hydrogen-bond acceptors (Lipinski definition) is 4. The van der Waals surface area contributed by atoms with Gasteiger partial charge in [0.1, 0.15) is 0 Å². The van der Waals surface area contributed by atoms with E-state index in [1.54, 1.807) is 14.2 Å². The average molecular weight is 216 g/mol. The van der Waals surface area contributed by atoms with Crippen molar-refractivity contribution >= 4 is 0 Å². The molecule has 2 N–H and O–H groups in total. The predicted molar refractivity (Wildman–Crippen MR) is 60.6 cm³/mol. The van der Waals surface area contributed by atoms with Gasteiger partial charge in [0.25, 0.3) is 0 Å². The Balaban J connectivity index is 2.43. The summed E-state index contributed by atoms with van der Waals surface area (Å²) in [4.78, 5) is 2.42. The molecule has 0 aromatic rings. The van der Waals surface area contributed by atoms with E-state index in [9.17, 15) is 0 Å². The minimum absolute atomic E-state index is 0.121. The Morgan fingerprint density at radius 2 is 2.00 bits per heavy atom. The molecule has 4 heteroatoms. The smallest absolute Gasteiger partial charge is 0.169 e. The Morgan fingerprint density at radius 3 is 2.53 bits per heavy atom. The summed E-state index contributed by atoms with van der Waals surface area (Å²) >= 11 is 0. The largest absolute Gasteiger partial charge is 0.355 e. The van der Waals surface area contributed by atoms with Gasteiger partial charge in [0.2, 0.25) is 0 Å². The first-order valence-corrected chi connectivity index (χ1v) is 5.71. The molecule has 2 unspecified atom stereocenters. The third-order valence-corrected chi connectivity index (χ3v) is 3.35. The summed E-state index contributed by atoms with van der Waals surface area (Å²) in [5.41, 5.74) is 5.72. The van der Waals surface area contributed by atoms with Gasteiger partial charge in [-0.05, 0) is 32.2 Å². The third kappa shape index (κ3) is 3.72. The first kappa shape index (κ1) is 12.9. The number of nitrogens with two attached hydrogens (primary N) is 1. The lowest BCUT2D eigenvalue weighted by molar-refractivity contribution is -0.124. The molecule has 0 bridgehead atoms. The van der Waals surface area contributed by atoms with Crippen LogP contribution in [0.2, 0.25) is 0 Å². The van der Waals surface area contributed by atoms with Crippen LogP contribution in [-0.2, 0) is 9.47 Å². The second-order valence-electron chi connectivity index (χ2n) is 4.38. The van der Waals surface area contributed by atoms with Crippen LogP contribution in [0.25, 0.3) is 0 Å². The van der Waals surface area contributed by atoms with E-state index in [0.29, 0.717) is 12.0 Å². The molecule has 15 heavy (non-hydrogen) atoms. The van der Waals surface area contributed by atoms with E-state index >= 15 is 0 Å². The monoisotopic (exact) mass is 216 g/mol. The van der Waals surface area contributed by atoms with Gasteiger partial charge in [-0.3, -0.25) is 4.90 Å². The standard InChI is InChI=1S/C11H24N2O2/c1-9-4-5-10(6-12)7-13(9)8-11(14-2)15-3/h9-11H,4-8,12H2,1-3H3. The molecule has 0 radical (unpaired) electrons. The van der Waals surface area contributed by atoms with Crippen molar-refractivity contribution in [2.45, 2.75) is 32.1 Å². The second kappa shape index (κ2) is 6.43. The van der Waals surface area contributed by atoms with Crippen molar-refractivity contribution in [3.8, 4) is 0 Å². The summed E-state index contributed by atoms with van der Waals surface area (Å²) in [6.45, 7) is 4.95. The Labute approximate surface area is 92.7 Å². The molecule has 0 saturated carbocycles. The van der Waals surface area contributed by atoms with Crippen LogP contribution in [0.1, 0.15) is 19.8 Å². The van der Waals surface area contributed by atoms with Crippen LogP contribution in [-0.4, -0.2) is 51.1 Å². The molecule has 0 aromatic heterocycles. The number of piperidine rings is 1. The summed E-state index contributed by atoms with van der Waals surface area (Å²) < 4.78 is 10.4. The van der Waals surface area contributed by atoms with Crippen LogP contribution in [0.4, 0.5) is 0 Å². The van der Waals surface area contributed by atoms with Gasteiger partial charge in [-0.2, -0.15) is 0 Å². The van der Waals surface area contributed by atoms with Gasteiger partial charge in [-0.15, -0.1) is 0 Å². The summed E-state index contributed by atoms with van der Waals surface area (Å²) in [6, 6.07) is 0.612. The highest BCUT2D eigenvalue weighted by atomic mass is 16.7. The molecule has 1 saturated heterocycles. The fourth-order valence-electron chi connectivity index (χ4n) is 2.15. The predicted octanol–water partition coefficient (Wildman–Crippen LogP) is 0.665. The molecule has 0 spiro atoms. The molecule has 1 rings (SSSR count). The Bertz CT molecular complexity index is 174. The van der Waals surface area contributed by atoms with Crippen molar-refractivity contribution in [2.75, 3.05) is 33.9 Å². The van der Waals surface area contributed by atoms with Gasteiger partial charge in [-0.25, -0.2) is 0 Å². The molecule has 2 atom stereocenters. The normalized spacial score (nSPS) is 28.6. The lowest BCUT2D eigenvalue weighted by atomic mass is 9.93. The molecule has 0 amide bonds. The van der Waals surface area contributed by atoms with Crippen LogP contribution in [0, 0.1) is 5.92 Å². The van der Waals surface area contributed by atoms with Gasteiger partial charge in [-0.1, -0.05) is 0 Å². The lowest BCUT2D eigenvalue weighted by Crippen LogP contribution is -2.47. The fraction of sp³-hybridized carbons (Fsp3) is 1.00. The van der Waals surface area contributed by atoms with E-state index in [-0.39, 0.29) is 6.29 Å². The summed E-state index contributed by atoms with van der Waals surface area (Å²) in [6.07, 6.45) is 2.35. The van der Waals surface area contributed by atoms with Crippen LogP contribution in [0.15, 0.2) is 0 Å². The first-order chi connectivity index (χ1) is 7.21. The van der Waals surface area contributed by atoms with Gasteiger partial charge in [0.15, 0.2) is 6.29 Å². The van der Waals surface area contributed by atoms with E-state index in [1.165, 1.54) is 12.8 Å². The van der Waals surface area contributed by atoms with E-state index < -0.39 is 0 Å². The van der Waals surface area contributed by atoms with Gasteiger partial charge in [0.05, 0.1) is 0 Å². The Kier molecular flexibility index (Phi) is 5.53. The quantitative estimate of drug-likeness (QED) is 0.686. The van der Waals surface area contributed by atoms with Crippen molar-refractivity contribution in [3.63, 3.8) is 0 Å². The minimum Gasteiger partial charge on any atom is -0.355 e. The number of nitrogens with zero attached hydrogens (tertiary/aromatic N) is 1. The van der Waals surface area contributed by atoms with Crippen molar-refractivity contribution in [1.29, 1.82) is 0 Å². The summed E-state index contributed by atoms with van der Waals surface area (Å²) in [5, 5.41) is 0. The van der Waals surface area contributed by atoms with E-state index in [2.05, 4.69) is 11.8 Å². The van der Waals surface area contributed by atoms with Crippen LogP contribution < -0.4 is 5.73 Å². The number of methoxy groups -OCH3 is 2. The highest BCUT2D eigenvalue weighted by Gasteiger charge is 2.26. The maximum atomic E-state index is 5.72. The highest BCUT2D eigenvalue weighted by molar-refractivity contribution is 4.79. The molecule has 1 aliphatic rings. The molecule has 0 aliphatic carbocycles. The maximum absolute atomic E-state index is 5.72. The Hall–Kier alpha value is -0.160. The van der Waals surface area contributed by atoms with E-state index in [4.69, 9.17) is 15.2 Å². The zero-order chi connectivity index (χ0) is 11.3. The molecular weight excluding hydrogens is 192 g/mol. The molecule has 1 heterocycles. The van der Waals surface area contributed by atoms with Gasteiger partial charge >= 0.3 is 0 Å². The van der Waals surface area contributed by atoms with E-state index in [0.717, 1.165) is 19.6 Å². The molecule has 0 aromatic carbocycles. The summed E-state index contributed by atoms with van der Waals surface area (Å²) in [5.74, 6) is 0.635. The van der Waals surface area contributed by atoms with Gasteiger partial charge < -0.3 is 15.2 Å². The molecule has 1 fully saturated rings. The van der Waals surface area contributed by atoms with Crippen LogP contribution in [0.5, 0.6) is 0 Å². The SMILES string of the molecule is COC(CN1CC(CN)CCC1C)OC. The van der Waals surface area contributed by atoms with Crippen LogP contribution >= 0.6 is 0 Å². The highest BCUT2D eigenvalue weighted by Crippen LogP contribution is 2.21. The van der Waals surface area contributed by atoms with Crippen molar-refractivity contribution in [1.82, 2.24) is 4.90 Å². The molecule has 4 nitrogen and oxygen atoms in total. The number of likely N-dealkylation sites (tertiary alicyclic amines) is 1. The number of ether oxygens (including phenoxy) is 2. The van der Waals surface area contributed by atoms with Crippen LogP contribution in [0.3, 0.4) is 0 Å². The average Bonchev–Trinajstić information content (AvgIpc) is 2.28. The number of hydrogen-bond donors (Lipinski definition) is 1. The molecular formula is C11H24N2O2. The maximum Gasteiger partial charge on any atom is 0.169 e. The van der Waals surface area contributed by atoms with Crippen molar-refractivity contribution < 1.29 is 9.47 Å². The lowest BCUT2D eigenvalue weighted by Gasteiger charge is -2.38. The molecule has 90 valence electrons. The number of rotatable bonds is 5.